The number of hydrogen-bond donors (Lipinski definition) is 0. The molecule has 0 saturated carbocycles. The van der Waals surface area contributed by atoms with Crippen molar-refractivity contribution in [2.75, 3.05) is 0 Å². The molecular formula is C111H76N8. The van der Waals surface area contributed by atoms with Gasteiger partial charge < -0.3 is 0 Å². The number of benzene rings is 15. The van der Waals surface area contributed by atoms with Crippen LogP contribution in [-0.4, -0.2) is 39.9 Å². The first-order chi connectivity index (χ1) is 58.7. The zero-order valence-corrected chi connectivity index (χ0v) is 65.8. The number of fused-ring (bicyclic) bond motifs is 6. The van der Waals surface area contributed by atoms with Gasteiger partial charge in [-0.15, -0.1) is 0 Å². The van der Waals surface area contributed by atoms with Gasteiger partial charge in [0.15, 0.2) is 29.1 Å². The fourth-order valence-corrected chi connectivity index (χ4v) is 18.6. The minimum Gasteiger partial charge on any atom is -0.264 e. The molecule has 2 atom stereocenters. The normalized spacial score (nSPS) is 14.2. The molecule has 15 aromatic carbocycles. The van der Waals surface area contributed by atoms with E-state index in [1.54, 1.807) is 0 Å². The van der Waals surface area contributed by atoms with Gasteiger partial charge in [-0.2, -0.15) is 0 Å². The molecule has 2 aliphatic rings. The van der Waals surface area contributed by atoms with Crippen LogP contribution < -0.4 is 0 Å². The van der Waals surface area contributed by atoms with Crippen molar-refractivity contribution in [3.05, 3.63) is 468 Å². The number of nitrogens with zero attached hydrogens (tertiary/aromatic N) is 8. The molecule has 0 radical (unpaired) electrons. The third kappa shape index (κ3) is 12.5. The quantitative estimate of drug-likeness (QED) is 0.0943. The molecule has 4 aromatic heterocycles. The largest absolute Gasteiger partial charge is 0.264 e. The van der Waals surface area contributed by atoms with E-state index < -0.39 is 10.8 Å². The molecule has 0 saturated heterocycles. The van der Waals surface area contributed by atoms with Crippen LogP contribution in [0.5, 0.6) is 0 Å². The monoisotopic (exact) mass is 1520 g/mol. The summed E-state index contributed by atoms with van der Waals surface area (Å²) in [6.07, 6.45) is 5.71. The van der Waals surface area contributed by atoms with Crippen molar-refractivity contribution in [2.45, 2.75) is 31.6 Å². The van der Waals surface area contributed by atoms with E-state index in [1.807, 2.05) is 68.8 Å². The van der Waals surface area contributed by atoms with Crippen LogP contribution in [0, 0.1) is 20.8 Å². The van der Waals surface area contributed by atoms with Crippen LogP contribution in [0.15, 0.2) is 407 Å². The summed E-state index contributed by atoms with van der Waals surface area (Å²) in [7, 11) is 0. The summed E-state index contributed by atoms with van der Waals surface area (Å²) < 4.78 is 0. The Morgan fingerprint density at radius 1 is 0.202 bits per heavy atom. The predicted octanol–water partition coefficient (Wildman–Crippen LogP) is 26.5. The van der Waals surface area contributed by atoms with Crippen LogP contribution in [0.3, 0.4) is 0 Å². The molecule has 119 heavy (non-hydrogen) atoms. The van der Waals surface area contributed by atoms with E-state index in [0.29, 0.717) is 34.9 Å². The molecular weight excluding hydrogens is 1450 g/mol. The van der Waals surface area contributed by atoms with E-state index >= 15 is 0 Å². The molecule has 0 N–H and O–H groups in total. The fraction of sp³-hybridized carbons (Fsp3) is 0.0450. The second-order valence-corrected chi connectivity index (χ2v) is 31.0. The number of hydrogen-bond acceptors (Lipinski definition) is 8. The van der Waals surface area contributed by atoms with Gasteiger partial charge >= 0.3 is 0 Å². The molecule has 19 aromatic rings. The van der Waals surface area contributed by atoms with Crippen LogP contribution in [0.2, 0.25) is 0 Å². The summed E-state index contributed by atoms with van der Waals surface area (Å²) in [4.78, 5) is 41.0. The third-order valence-electron chi connectivity index (χ3n) is 24.0. The van der Waals surface area contributed by atoms with Crippen molar-refractivity contribution < 1.29 is 0 Å². The molecule has 4 heterocycles. The van der Waals surface area contributed by atoms with Gasteiger partial charge in [-0.1, -0.05) is 328 Å². The second-order valence-electron chi connectivity index (χ2n) is 31.0. The van der Waals surface area contributed by atoms with Gasteiger partial charge in [-0.05, 0) is 226 Å². The molecule has 2 unspecified atom stereocenters. The summed E-state index contributed by atoms with van der Waals surface area (Å²) >= 11 is 0. The van der Waals surface area contributed by atoms with Gasteiger partial charge in [0.25, 0.3) is 0 Å². The Labute approximate surface area is 692 Å². The number of rotatable bonds is 16. The Morgan fingerprint density at radius 3 is 1.29 bits per heavy atom. The van der Waals surface area contributed by atoms with E-state index in [-0.39, 0.29) is 0 Å². The first-order valence-corrected chi connectivity index (χ1v) is 40.5. The minimum atomic E-state index is -0.871. The molecule has 0 bridgehead atoms. The Bertz CT molecular complexity index is 7080. The SMILES string of the molecule is Cc1cc(-c2cccc(-c3ccc4c(c3)C(c3ccccc3)(c3cccc(-c5ccc(-c6nc(C)nc(-c7ccc8c(c7)-c7ccccc7C8(c7ccccc7)c7ccc(-c8ccccc8-c8cccc(-c9cnccc9C)c8)cc7)n6)c(-c6ccccc6)c5)c3)c3cccc(-c5nc(-c6ccccc6)nc(-c6ccccc6)n5)c3-4)c2)ccn1. The highest BCUT2D eigenvalue weighted by Gasteiger charge is 2.49. The van der Waals surface area contributed by atoms with Gasteiger partial charge in [-0.3, -0.25) is 9.97 Å². The summed E-state index contributed by atoms with van der Waals surface area (Å²) in [6.45, 7) is 6.16. The Hall–Kier alpha value is -15.4. The van der Waals surface area contributed by atoms with Crippen molar-refractivity contribution in [1.29, 1.82) is 0 Å². The second kappa shape index (κ2) is 29.8. The standard InChI is InChI=1S/C111H76N8/c1-71-59-61-112-70-99(71)85-37-24-36-84(65-85)92-44-20-19-43-91(92)75-49-54-89(55-50-75)110(87-38-15-7-16-39-87)100-47-22-21-45-93(100)98-68-86(53-58-101(98)110)107-114-73(3)115-108(119-107)94-56-51-81(67-97(94)74-27-9-4-10-28-74)80-35-25-42-90(66-80)111(88-40-17-8-18-41-88)102-48-26-46-96(109-117-105(76-29-11-5-12-30-76)116-106(118-109)77-31-13-6-14-32-77)104(102)95-57-52-82(69-103(95)111)78-33-23-34-79(64-78)83-60-62-113-72(2)63-83/h4-70H,1-3H3. The van der Waals surface area contributed by atoms with Gasteiger partial charge in [-0.25, -0.2) is 29.9 Å². The minimum absolute atomic E-state index is 0.587. The highest BCUT2D eigenvalue weighted by Crippen LogP contribution is 2.61. The highest BCUT2D eigenvalue weighted by molar-refractivity contribution is 5.98. The van der Waals surface area contributed by atoms with Gasteiger partial charge in [0.05, 0.1) is 10.8 Å². The Morgan fingerprint density at radius 2 is 0.622 bits per heavy atom. The average Bonchev–Trinajstić information content (AvgIpc) is 1.53. The molecule has 0 fully saturated rings. The maximum absolute atomic E-state index is 5.52. The summed E-state index contributed by atoms with van der Waals surface area (Å²) in [5, 5.41) is 0. The summed E-state index contributed by atoms with van der Waals surface area (Å²) in [6, 6.07) is 141. The lowest BCUT2D eigenvalue weighted by Crippen LogP contribution is -2.28. The number of aryl methyl sites for hydroxylation is 3. The van der Waals surface area contributed by atoms with Crippen molar-refractivity contribution in [3.63, 3.8) is 0 Å². The van der Waals surface area contributed by atoms with Gasteiger partial charge in [0, 0.05) is 57.7 Å². The molecule has 0 spiro atoms. The molecule has 21 rings (SSSR count). The summed E-state index contributed by atoms with van der Waals surface area (Å²) in [5.74, 6) is 3.60. The molecule has 2 aliphatic carbocycles. The maximum Gasteiger partial charge on any atom is 0.164 e. The smallest absolute Gasteiger partial charge is 0.164 e. The van der Waals surface area contributed by atoms with Gasteiger partial charge in [0.1, 0.15) is 5.82 Å². The van der Waals surface area contributed by atoms with E-state index in [2.05, 4.69) is 369 Å². The van der Waals surface area contributed by atoms with Crippen LogP contribution in [-0.2, 0) is 10.8 Å². The number of aromatic nitrogens is 8. The lowest BCUT2D eigenvalue weighted by Gasteiger charge is -2.34. The van der Waals surface area contributed by atoms with Crippen LogP contribution in [0.25, 0.3) is 157 Å². The van der Waals surface area contributed by atoms with Crippen molar-refractivity contribution in [2.24, 2.45) is 0 Å². The Kier molecular flexibility index (Phi) is 17.9. The molecule has 0 amide bonds. The first-order valence-electron chi connectivity index (χ1n) is 40.5. The van der Waals surface area contributed by atoms with Crippen molar-refractivity contribution >= 4 is 0 Å². The van der Waals surface area contributed by atoms with E-state index in [0.717, 1.165) is 139 Å². The van der Waals surface area contributed by atoms with E-state index in [1.165, 1.54) is 44.5 Å². The van der Waals surface area contributed by atoms with Crippen molar-refractivity contribution in [3.8, 4) is 157 Å². The van der Waals surface area contributed by atoms with Crippen molar-refractivity contribution in [1.82, 2.24) is 39.9 Å². The van der Waals surface area contributed by atoms with Crippen LogP contribution in [0.1, 0.15) is 61.6 Å². The maximum atomic E-state index is 5.52. The fourth-order valence-electron chi connectivity index (χ4n) is 18.6. The zero-order valence-electron chi connectivity index (χ0n) is 65.8. The first kappa shape index (κ1) is 71.4. The topological polar surface area (TPSA) is 103 Å². The van der Waals surface area contributed by atoms with Crippen LogP contribution in [0.4, 0.5) is 0 Å². The lowest BCUT2D eigenvalue weighted by atomic mass is 9.67. The molecule has 0 aliphatic heterocycles. The highest BCUT2D eigenvalue weighted by atomic mass is 15.0. The van der Waals surface area contributed by atoms with E-state index in [9.17, 15) is 0 Å². The van der Waals surface area contributed by atoms with Crippen LogP contribution >= 0.6 is 0 Å². The average molecular weight is 1520 g/mol. The zero-order chi connectivity index (χ0) is 79.5. The molecule has 8 nitrogen and oxygen atoms in total. The van der Waals surface area contributed by atoms with E-state index in [4.69, 9.17) is 29.9 Å². The number of pyridine rings is 2. The molecule has 560 valence electrons. The van der Waals surface area contributed by atoms with Gasteiger partial charge in [0.2, 0.25) is 0 Å². The Balaban J connectivity index is 0.685. The molecule has 8 heteroatoms. The third-order valence-corrected chi connectivity index (χ3v) is 24.0. The summed E-state index contributed by atoms with van der Waals surface area (Å²) in [5.41, 5.74) is 34.4. The lowest BCUT2D eigenvalue weighted by molar-refractivity contribution is 0.768. The predicted molar refractivity (Wildman–Crippen MR) is 483 cm³/mol.